The molecule has 27 heavy (non-hydrogen) atoms. The second-order valence-corrected chi connectivity index (χ2v) is 9.58. The Morgan fingerprint density at radius 3 is 2.41 bits per heavy atom. The van der Waals surface area contributed by atoms with Crippen molar-refractivity contribution in [2.24, 2.45) is 11.3 Å². The zero-order chi connectivity index (χ0) is 19.8. The molecule has 1 N–H and O–H groups in total. The Labute approximate surface area is 162 Å². The molecule has 2 saturated heterocycles. The third-order valence-electron chi connectivity index (χ3n) is 6.68. The highest BCUT2D eigenvalue weighted by atomic mass is 16.2. The predicted octanol–water partition coefficient (Wildman–Crippen LogP) is 1.68. The van der Waals surface area contributed by atoms with Crippen LogP contribution in [0, 0.1) is 11.3 Å². The highest BCUT2D eigenvalue weighted by Crippen LogP contribution is 2.43. The molecule has 0 unspecified atom stereocenters. The lowest BCUT2D eigenvalue weighted by Gasteiger charge is -2.40. The van der Waals surface area contributed by atoms with E-state index < -0.39 is 11.6 Å². The number of imide groups is 1. The Hall–Kier alpha value is -1.63. The van der Waals surface area contributed by atoms with E-state index in [2.05, 4.69) is 31.0 Å². The van der Waals surface area contributed by atoms with Gasteiger partial charge in [-0.1, -0.05) is 20.8 Å². The van der Waals surface area contributed by atoms with Crippen LogP contribution in [0.3, 0.4) is 0 Å². The largest absolute Gasteiger partial charge is 0.340 e. The fourth-order valence-corrected chi connectivity index (χ4v) is 4.67. The summed E-state index contributed by atoms with van der Waals surface area (Å²) in [5, 5.41) is 2.93. The van der Waals surface area contributed by atoms with Gasteiger partial charge in [0.05, 0.1) is 0 Å². The molecular weight excluding hydrogens is 344 g/mol. The third-order valence-corrected chi connectivity index (χ3v) is 6.68. The molecule has 4 amide bonds. The molecule has 0 aromatic carbocycles. The van der Waals surface area contributed by atoms with Gasteiger partial charge in [0.2, 0.25) is 5.91 Å². The highest BCUT2D eigenvalue weighted by molar-refractivity contribution is 6.09. The minimum Gasteiger partial charge on any atom is -0.340 e. The van der Waals surface area contributed by atoms with Gasteiger partial charge in [0.1, 0.15) is 12.1 Å². The summed E-state index contributed by atoms with van der Waals surface area (Å²) < 4.78 is 0. The molecule has 7 nitrogen and oxygen atoms in total. The monoisotopic (exact) mass is 378 g/mol. The topological polar surface area (TPSA) is 73.0 Å². The Kier molecular flexibility index (Phi) is 5.52. The molecule has 1 aliphatic carbocycles. The van der Waals surface area contributed by atoms with Crippen molar-refractivity contribution in [1.82, 2.24) is 20.0 Å². The standard InChI is InChI=1S/C20H34N4O3/c1-19(2,3)15-6-8-20(9-7-15)17(26)24(18(27)21-20)14-16(25)23-11-5-10-22(4)12-13-23/h15H,5-14H2,1-4H3,(H,21,27). The van der Waals surface area contributed by atoms with Crippen molar-refractivity contribution in [3.63, 3.8) is 0 Å². The Bertz CT molecular complexity index is 605. The molecule has 3 fully saturated rings. The lowest BCUT2D eigenvalue weighted by molar-refractivity contribution is -0.139. The summed E-state index contributed by atoms with van der Waals surface area (Å²) in [6.07, 6.45) is 4.10. The van der Waals surface area contributed by atoms with Gasteiger partial charge in [-0.15, -0.1) is 0 Å². The van der Waals surface area contributed by atoms with Crippen LogP contribution in [0.25, 0.3) is 0 Å². The SMILES string of the molecule is CN1CCCN(C(=O)CN2C(=O)NC3(CCC(C(C)(C)C)CC3)C2=O)CC1. The zero-order valence-electron chi connectivity index (χ0n) is 17.2. The third kappa shape index (κ3) is 4.13. The molecule has 7 heteroatoms. The molecule has 0 atom stereocenters. The number of urea groups is 1. The van der Waals surface area contributed by atoms with Crippen LogP contribution in [0.1, 0.15) is 52.9 Å². The number of likely N-dealkylation sites (N-methyl/N-ethyl adjacent to an activating group) is 1. The average molecular weight is 379 g/mol. The van der Waals surface area contributed by atoms with Gasteiger partial charge in [-0.2, -0.15) is 0 Å². The molecule has 3 rings (SSSR count). The zero-order valence-corrected chi connectivity index (χ0v) is 17.2. The van der Waals surface area contributed by atoms with Crippen LogP contribution < -0.4 is 5.32 Å². The summed E-state index contributed by atoms with van der Waals surface area (Å²) >= 11 is 0. The summed E-state index contributed by atoms with van der Waals surface area (Å²) in [5.74, 6) is 0.215. The minimum atomic E-state index is -0.794. The van der Waals surface area contributed by atoms with E-state index in [9.17, 15) is 14.4 Å². The number of amides is 4. The number of nitrogens with one attached hydrogen (secondary N) is 1. The molecule has 152 valence electrons. The molecule has 0 bridgehead atoms. The Morgan fingerprint density at radius 1 is 1.11 bits per heavy atom. The Balaban J connectivity index is 1.62. The molecule has 3 aliphatic rings. The normalized spacial score (nSPS) is 30.6. The second-order valence-electron chi connectivity index (χ2n) is 9.58. The summed E-state index contributed by atoms with van der Waals surface area (Å²) in [7, 11) is 2.04. The van der Waals surface area contributed by atoms with Crippen LogP contribution in [-0.4, -0.2) is 77.9 Å². The van der Waals surface area contributed by atoms with E-state index in [1.165, 1.54) is 0 Å². The highest BCUT2D eigenvalue weighted by Gasteiger charge is 2.53. The van der Waals surface area contributed by atoms with Crippen LogP contribution in [0.2, 0.25) is 0 Å². The van der Waals surface area contributed by atoms with E-state index in [4.69, 9.17) is 0 Å². The maximum atomic E-state index is 13.1. The molecule has 0 aromatic heterocycles. The number of hydrogen-bond acceptors (Lipinski definition) is 4. The van der Waals surface area contributed by atoms with Crippen molar-refractivity contribution < 1.29 is 14.4 Å². The van der Waals surface area contributed by atoms with Crippen LogP contribution in [0.4, 0.5) is 4.79 Å². The summed E-state index contributed by atoms with van der Waals surface area (Å²) in [6, 6.07) is -0.408. The van der Waals surface area contributed by atoms with Crippen molar-refractivity contribution in [1.29, 1.82) is 0 Å². The van der Waals surface area contributed by atoms with Crippen molar-refractivity contribution >= 4 is 17.8 Å². The maximum absolute atomic E-state index is 13.1. The van der Waals surface area contributed by atoms with Crippen molar-refractivity contribution in [3.05, 3.63) is 0 Å². The molecule has 0 aromatic rings. The van der Waals surface area contributed by atoms with E-state index in [-0.39, 0.29) is 23.8 Å². The molecule has 1 spiro atoms. The first-order valence-corrected chi connectivity index (χ1v) is 10.2. The minimum absolute atomic E-state index is 0.130. The maximum Gasteiger partial charge on any atom is 0.325 e. The van der Waals surface area contributed by atoms with Gasteiger partial charge in [0, 0.05) is 19.6 Å². The lowest BCUT2D eigenvalue weighted by Crippen LogP contribution is -2.51. The van der Waals surface area contributed by atoms with Crippen LogP contribution in [0.5, 0.6) is 0 Å². The molecule has 0 radical (unpaired) electrons. The van der Waals surface area contributed by atoms with E-state index >= 15 is 0 Å². The van der Waals surface area contributed by atoms with Gasteiger partial charge in [-0.25, -0.2) is 4.79 Å². The average Bonchev–Trinajstić information content (AvgIpc) is 2.76. The first-order valence-electron chi connectivity index (χ1n) is 10.2. The second kappa shape index (κ2) is 7.41. The first kappa shape index (κ1) is 20.1. The molecular formula is C20H34N4O3. The number of rotatable bonds is 2. The van der Waals surface area contributed by atoms with Gasteiger partial charge in [-0.3, -0.25) is 14.5 Å². The van der Waals surface area contributed by atoms with Crippen molar-refractivity contribution in [2.75, 3.05) is 39.8 Å². The van der Waals surface area contributed by atoms with Gasteiger partial charge >= 0.3 is 6.03 Å². The van der Waals surface area contributed by atoms with Crippen LogP contribution in [0.15, 0.2) is 0 Å². The Morgan fingerprint density at radius 2 is 1.78 bits per heavy atom. The van der Waals surface area contributed by atoms with Crippen molar-refractivity contribution in [3.8, 4) is 0 Å². The predicted molar refractivity (Wildman–Crippen MR) is 103 cm³/mol. The molecule has 2 heterocycles. The lowest BCUT2D eigenvalue weighted by atomic mass is 9.67. The van der Waals surface area contributed by atoms with Crippen LogP contribution >= 0.6 is 0 Å². The number of carbonyl (C=O) groups excluding carboxylic acids is 3. The first-order chi connectivity index (χ1) is 12.6. The van der Waals surface area contributed by atoms with Gasteiger partial charge in [-0.05, 0) is 57.0 Å². The quantitative estimate of drug-likeness (QED) is 0.742. The smallest absolute Gasteiger partial charge is 0.325 e. The molecule has 1 saturated carbocycles. The van der Waals surface area contributed by atoms with Crippen molar-refractivity contribution in [2.45, 2.75) is 58.4 Å². The fourth-order valence-electron chi connectivity index (χ4n) is 4.67. The molecule has 2 aliphatic heterocycles. The fraction of sp³-hybridized carbons (Fsp3) is 0.850. The summed E-state index contributed by atoms with van der Waals surface area (Å²) in [6.45, 7) is 9.67. The van der Waals surface area contributed by atoms with Gasteiger partial charge < -0.3 is 15.1 Å². The number of hydrogen-bond donors (Lipinski definition) is 1. The van der Waals surface area contributed by atoms with E-state index in [0.29, 0.717) is 31.8 Å². The van der Waals surface area contributed by atoms with E-state index in [1.807, 2.05) is 7.05 Å². The summed E-state index contributed by atoms with van der Waals surface area (Å²) in [5.41, 5.74) is -0.582. The number of carbonyl (C=O) groups is 3. The van der Waals surface area contributed by atoms with Crippen LogP contribution in [-0.2, 0) is 9.59 Å². The van der Waals surface area contributed by atoms with Gasteiger partial charge in [0.25, 0.3) is 5.91 Å². The van der Waals surface area contributed by atoms with Gasteiger partial charge in [0.15, 0.2) is 0 Å². The van der Waals surface area contributed by atoms with E-state index in [0.717, 1.165) is 37.3 Å². The number of nitrogens with zero attached hydrogens (tertiary/aromatic N) is 3. The summed E-state index contributed by atoms with van der Waals surface area (Å²) in [4.78, 5) is 43.4. The van der Waals surface area contributed by atoms with E-state index in [1.54, 1.807) is 4.90 Å².